The van der Waals surface area contributed by atoms with Gasteiger partial charge in [0.25, 0.3) is 0 Å². The zero-order valence-corrected chi connectivity index (χ0v) is 15.6. The normalized spacial score (nSPS) is 12.8. The third-order valence-electron chi connectivity index (χ3n) is 3.87. The fourth-order valence-corrected chi connectivity index (χ4v) is 3.96. The number of nitrogens with one attached hydrogen (secondary N) is 1. The number of hydrogen-bond donors (Lipinski definition) is 2. The highest BCUT2D eigenvalue weighted by atomic mass is 32.2. The van der Waals surface area contributed by atoms with Crippen LogP contribution < -0.4 is 4.72 Å². The average molecular weight is 401 g/mol. The lowest BCUT2D eigenvalue weighted by molar-refractivity contribution is -0.142. The van der Waals surface area contributed by atoms with E-state index >= 15 is 0 Å². The third kappa shape index (κ3) is 4.67. The second-order valence-electron chi connectivity index (χ2n) is 6.61. The lowest BCUT2D eigenvalue weighted by Gasteiger charge is -2.22. The summed E-state index contributed by atoms with van der Waals surface area (Å²) in [6.45, 7) is 4.09. The molecule has 0 bridgehead atoms. The molecule has 146 valence electrons. The second-order valence-corrected chi connectivity index (χ2v) is 8.26. The van der Waals surface area contributed by atoms with Crippen molar-refractivity contribution in [2.45, 2.75) is 37.4 Å². The zero-order chi connectivity index (χ0) is 20.6. The monoisotopic (exact) mass is 401 g/mol. The second kappa shape index (κ2) is 6.97. The number of carboxylic acids is 1. The third-order valence-corrected chi connectivity index (χ3v) is 5.59. The number of benzene rings is 2. The van der Waals surface area contributed by atoms with Gasteiger partial charge in [0.15, 0.2) is 0 Å². The molecule has 0 fully saturated rings. The lowest BCUT2D eigenvalue weighted by Crippen LogP contribution is -2.49. The van der Waals surface area contributed by atoms with Crippen LogP contribution in [0.2, 0.25) is 0 Å². The molecule has 2 N–H and O–H groups in total. The van der Waals surface area contributed by atoms with Crippen LogP contribution in [0.15, 0.2) is 47.4 Å². The van der Waals surface area contributed by atoms with Crippen LogP contribution >= 0.6 is 0 Å². The molecule has 0 aromatic heterocycles. The highest BCUT2D eigenvalue weighted by Crippen LogP contribution is 2.33. The molecule has 0 saturated carbocycles. The van der Waals surface area contributed by atoms with Crippen molar-refractivity contribution >= 4 is 16.0 Å². The van der Waals surface area contributed by atoms with E-state index in [4.69, 9.17) is 5.11 Å². The fourth-order valence-electron chi connectivity index (χ4n) is 2.38. The van der Waals surface area contributed by atoms with Crippen molar-refractivity contribution in [1.82, 2.24) is 4.72 Å². The number of aliphatic carboxylic acids is 1. The van der Waals surface area contributed by atoms with Gasteiger partial charge in [0.2, 0.25) is 10.0 Å². The Hall–Kier alpha value is -2.39. The van der Waals surface area contributed by atoms with E-state index in [-0.39, 0.29) is 16.0 Å². The standard InChI is InChI=1S/C18H18F3NO4S/c1-11-4-9-15(27(25,26)22-17(2,3)16(23)24)14(10-11)12-5-7-13(8-6-12)18(19,20)21/h4-10,22H,1-3H3,(H,23,24). The molecule has 27 heavy (non-hydrogen) atoms. The van der Waals surface area contributed by atoms with Gasteiger partial charge in [0.05, 0.1) is 10.5 Å². The van der Waals surface area contributed by atoms with Gasteiger partial charge in [0.1, 0.15) is 5.54 Å². The van der Waals surface area contributed by atoms with E-state index in [0.717, 1.165) is 12.1 Å². The Morgan fingerprint density at radius 2 is 1.59 bits per heavy atom. The number of aryl methyl sites for hydroxylation is 1. The summed E-state index contributed by atoms with van der Waals surface area (Å²) in [5.41, 5.74) is -1.48. The minimum absolute atomic E-state index is 0.178. The summed E-state index contributed by atoms with van der Waals surface area (Å²) in [5, 5.41) is 9.16. The largest absolute Gasteiger partial charge is 0.480 e. The molecular formula is C18H18F3NO4S. The van der Waals surface area contributed by atoms with Crippen molar-refractivity contribution in [1.29, 1.82) is 0 Å². The van der Waals surface area contributed by atoms with Crippen molar-refractivity contribution in [2.75, 3.05) is 0 Å². The molecule has 0 aliphatic carbocycles. The zero-order valence-electron chi connectivity index (χ0n) is 14.8. The van der Waals surface area contributed by atoms with Crippen molar-refractivity contribution in [3.8, 4) is 11.1 Å². The molecule has 0 aliphatic heterocycles. The maximum Gasteiger partial charge on any atom is 0.416 e. The summed E-state index contributed by atoms with van der Waals surface area (Å²) >= 11 is 0. The fraction of sp³-hybridized carbons (Fsp3) is 0.278. The lowest BCUT2D eigenvalue weighted by atomic mass is 10.0. The summed E-state index contributed by atoms with van der Waals surface area (Å²) in [6.07, 6.45) is -4.51. The summed E-state index contributed by atoms with van der Waals surface area (Å²) in [5.74, 6) is -1.37. The van der Waals surface area contributed by atoms with Crippen LogP contribution in [0.3, 0.4) is 0 Å². The molecule has 0 saturated heterocycles. The number of sulfonamides is 1. The van der Waals surface area contributed by atoms with Gasteiger partial charge >= 0.3 is 12.1 Å². The van der Waals surface area contributed by atoms with Gasteiger partial charge in [-0.1, -0.05) is 29.8 Å². The summed E-state index contributed by atoms with van der Waals surface area (Å²) in [7, 11) is -4.25. The van der Waals surface area contributed by atoms with Crippen LogP contribution in [0.25, 0.3) is 11.1 Å². The maximum atomic E-state index is 12.8. The molecule has 0 amide bonds. The van der Waals surface area contributed by atoms with Gasteiger partial charge in [-0.05, 0) is 44.5 Å². The molecule has 0 aliphatic rings. The predicted molar refractivity (Wildman–Crippen MR) is 93.7 cm³/mol. The van der Waals surface area contributed by atoms with E-state index in [1.54, 1.807) is 6.92 Å². The smallest absolute Gasteiger partial charge is 0.416 e. The Kier molecular flexibility index (Phi) is 5.40. The first kappa shape index (κ1) is 20.9. The molecule has 0 heterocycles. The average Bonchev–Trinajstić information content (AvgIpc) is 2.52. The van der Waals surface area contributed by atoms with Crippen molar-refractivity contribution in [3.63, 3.8) is 0 Å². The van der Waals surface area contributed by atoms with E-state index in [2.05, 4.69) is 4.72 Å². The van der Waals surface area contributed by atoms with Gasteiger partial charge in [-0.25, -0.2) is 8.42 Å². The predicted octanol–water partition coefficient (Wildman–Crippen LogP) is 3.82. The van der Waals surface area contributed by atoms with Crippen LogP contribution in [-0.2, 0) is 21.0 Å². The molecule has 0 unspecified atom stereocenters. The van der Waals surface area contributed by atoms with Gasteiger partial charge < -0.3 is 5.11 Å². The number of halogens is 3. The molecule has 2 rings (SSSR count). The highest BCUT2D eigenvalue weighted by molar-refractivity contribution is 7.89. The van der Waals surface area contributed by atoms with Crippen molar-refractivity contribution in [2.24, 2.45) is 0 Å². The van der Waals surface area contributed by atoms with E-state index < -0.39 is 33.3 Å². The summed E-state index contributed by atoms with van der Waals surface area (Å²) in [6, 6.07) is 8.42. The minimum atomic E-state index is -4.51. The number of carbonyl (C=O) groups is 1. The molecule has 9 heteroatoms. The molecule has 5 nitrogen and oxygen atoms in total. The van der Waals surface area contributed by atoms with Crippen LogP contribution in [0.1, 0.15) is 25.0 Å². The summed E-state index contributed by atoms with van der Waals surface area (Å²) < 4.78 is 65.8. The molecule has 2 aromatic rings. The number of alkyl halides is 3. The quantitative estimate of drug-likeness (QED) is 0.798. The van der Waals surface area contributed by atoms with E-state index in [0.29, 0.717) is 5.56 Å². The Balaban J connectivity index is 2.57. The Bertz CT molecular complexity index is 965. The van der Waals surface area contributed by atoms with Crippen LogP contribution in [0.5, 0.6) is 0 Å². The first-order chi connectivity index (χ1) is 12.2. The molecule has 2 aromatic carbocycles. The Morgan fingerprint density at radius 3 is 2.07 bits per heavy atom. The first-order valence-corrected chi connectivity index (χ1v) is 9.28. The Labute approximate surface area is 154 Å². The van der Waals surface area contributed by atoms with Gasteiger partial charge in [0, 0.05) is 5.56 Å². The Morgan fingerprint density at radius 1 is 1.04 bits per heavy atom. The van der Waals surface area contributed by atoms with Gasteiger partial charge in [-0.15, -0.1) is 0 Å². The molecule has 0 radical (unpaired) electrons. The topological polar surface area (TPSA) is 83.5 Å². The first-order valence-electron chi connectivity index (χ1n) is 7.80. The SMILES string of the molecule is Cc1ccc(S(=O)(=O)NC(C)(C)C(=O)O)c(-c2ccc(C(F)(F)F)cc2)c1. The van der Waals surface area contributed by atoms with Crippen molar-refractivity contribution in [3.05, 3.63) is 53.6 Å². The van der Waals surface area contributed by atoms with E-state index in [1.807, 2.05) is 0 Å². The van der Waals surface area contributed by atoms with E-state index in [9.17, 15) is 26.4 Å². The highest BCUT2D eigenvalue weighted by Gasteiger charge is 2.34. The van der Waals surface area contributed by atoms with Gasteiger partial charge in [-0.2, -0.15) is 17.9 Å². The number of carboxylic acid groups (broad SMARTS) is 1. The molecular weight excluding hydrogens is 383 g/mol. The number of rotatable bonds is 5. The van der Waals surface area contributed by atoms with Crippen molar-refractivity contribution < 1.29 is 31.5 Å². The van der Waals surface area contributed by atoms with Gasteiger partial charge in [-0.3, -0.25) is 4.79 Å². The van der Waals surface area contributed by atoms with E-state index in [1.165, 1.54) is 44.2 Å². The van der Waals surface area contributed by atoms with Crippen LogP contribution in [0, 0.1) is 6.92 Å². The van der Waals surface area contributed by atoms with Crippen LogP contribution in [0.4, 0.5) is 13.2 Å². The maximum absolute atomic E-state index is 12.8. The minimum Gasteiger partial charge on any atom is -0.480 e. The molecule has 0 atom stereocenters. The van der Waals surface area contributed by atoms with Crippen LogP contribution in [-0.4, -0.2) is 25.0 Å². The molecule has 0 spiro atoms. The summed E-state index contributed by atoms with van der Waals surface area (Å²) in [4.78, 5) is 11.0. The number of hydrogen-bond acceptors (Lipinski definition) is 3.